The molecule has 2 saturated carbocycles. The van der Waals surface area contributed by atoms with Crippen molar-refractivity contribution in [1.82, 2.24) is 9.78 Å². The Labute approximate surface area is 224 Å². The fourth-order valence-electron chi connectivity index (χ4n) is 5.83. The molecule has 3 atom stereocenters. The van der Waals surface area contributed by atoms with Crippen molar-refractivity contribution in [2.45, 2.75) is 47.4 Å². The van der Waals surface area contributed by atoms with Gasteiger partial charge in [0.2, 0.25) is 0 Å². The molecule has 0 aliphatic heterocycles. The number of amides is 1. The number of hydrogen-bond donors (Lipinski definition) is 3. The molecule has 202 valence electrons. The molecule has 2 aromatic carbocycles. The number of aliphatic hydroxyl groups is 1. The van der Waals surface area contributed by atoms with Gasteiger partial charge in [0.05, 0.1) is 10.7 Å². The number of aromatic nitrogens is 2. The van der Waals surface area contributed by atoms with E-state index in [1.165, 1.54) is 41.1 Å². The standard InChI is InChI=1S/C26H26ClF3N4O3S/c1-34-23(31)21(24(35)32-17-7-8-20(28)19(27)11-17)22(33-34)14-9-15-12-25(36,13-16(15)10-14)26(29,30)38(37)18-5-3-2-4-6-18/h2-8,11,14-16,36H,9-10,12-13,31H2,1H3,(H,32,35). The quantitative estimate of drug-likeness (QED) is 0.385. The van der Waals surface area contributed by atoms with Crippen molar-refractivity contribution < 1.29 is 27.3 Å². The maximum absolute atomic E-state index is 15.3. The van der Waals surface area contributed by atoms with Crippen LogP contribution in [0.2, 0.25) is 5.02 Å². The summed E-state index contributed by atoms with van der Waals surface area (Å²) in [6.07, 6.45) is 0.412. The average molecular weight is 567 g/mol. The first-order valence-electron chi connectivity index (χ1n) is 12.1. The molecular formula is C26H26ClF3N4O3S. The lowest BCUT2D eigenvalue weighted by molar-refractivity contribution is -0.123. The number of carbonyl (C=O) groups excluding carboxylic acids is 1. The molecule has 0 saturated heterocycles. The van der Waals surface area contributed by atoms with Crippen LogP contribution in [0.1, 0.15) is 47.7 Å². The molecule has 2 fully saturated rings. The Morgan fingerprint density at radius 2 is 1.84 bits per heavy atom. The van der Waals surface area contributed by atoms with Gasteiger partial charge in [0.25, 0.3) is 5.91 Å². The largest absolute Gasteiger partial charge is 0.383 e. The molecule has 5 rings (SSSR count). The zero-order valence-electron chi connectivity index (χ0n) is 20.3. The summed E-state index contributed by atoms with van der Waals surface area (Å²) in [7, 11) is -1.11. The fraction of sp³-hybridized carbons (Fsp3) is 0.385. The maximum atomic E-state index is 15.3. The van der Waals surface area contributed by atoms with E-state index in [0.717, 1.165) is 6.07 Å². The van der Waals surface area contributed by atoms with Gasteiger partial charge in [0, 0.05) is 23.5 Å². The second-order valence-electron chi connectivity index (χ2n) is 10.1. The number of carbonyl (C=O) groups is 1. The number of nitrogens with two attached hydrogens (primary N) is 1. The van der Waals surface area contributed by atoms with Gasteiger partial charge < -0.3 is 16.2 Å². The van der Waals surface area contributed by atoms with Crippen molar-refractivity contribution in [2.75, 3.05) is 11.1 Å². The van der Waals surface area contributed by atoms with Gasteiger partial charge in [0.15, 0.2) is 0 Å². The summed E-state index contributed by atoms with van der Waals surface area (Å²) in [5, 5.41) is 14.2. The van der Waals surface area contributed by atoms with Crippen molar-refractivity contribution in [1.29, 1.82) is 0 Å². The lowest BCUT2D eigenvalue weighted by Gasteiger charge is -2.32. The van der Waals surface area contributed by atoms with Crippen LogP contribution >= 0.6 is 11.6 Å². The number of alkyl halides is 2. The molecule has 4 N–H and O–H groups in total. The van der Waals surface area contributed by atoms with Crippen molar-refractivity contribution in [2.24, 2.45) is 18.9 Å². The summed E-state index contributed by atoms with van der Waals surface area (Å²) in [5.41, 5.74) is 4.63. The van der Waals surface area contributed by atoms with E-state index < -0.39 is 33.4 Å². The highest BCUT2D eigenvalue weighted by molar-refractivity contribution is 7.86. The number of aryl methyl sites for hydroxylation is 1. The fourth-order valence-corrected chi connectivity index (χ4v) is 7.23. The number of halogens is 4. The van der Waals surface area contributed by atoms with Gasteiger partial charge in [-0.05, 0) is 67.9 Å². The van der Waals surface area contributed by atoms with Gasteiger partial charge >= 0.3 is 5.25 Å². The van der Waals surface area contributed by atoms with Crippen LogP contribution in [0.3, 0.4) is 0 Å². The molecule has 3 unspecified atom stereocenters. The van der Waals surface area contributed by atoms with E-state index in [9.17, 15) is 18.5 Å². The van der Waals surface area contributed by atoms with E-state index >= 15 is 8.78 Å². The van der Waals surface area contributed by atoms with Crippen molar-refractivity contribution in [3.05, 3.63) is 70.6 Å². The summed E-state index contributed by atoms with van der Waals surface area (Å²) < 4.78 is 58.3. The maximum Gasteiger partial charge on any atom is 0.353 e. The van der Waals surface area contributed by atoms with Gasteiger partial charge in [-0.2, -0.15) is 13.9 Å². The first-order chi connectivity index (χ1) is 17.9. The number of nitrogen functional groups attached to an aromatic ring is 1. The number of fused-ring (bicyclic) bond motifs is 1. The van der Waals surface area contributed by atoms with Crippen molar-refractivity contribution in [3.63, 3.8) is 0 Å². The normalized spacial score (nSPS) is 25.8. The minimum Gasteiger partial charge on any atom is -0.383 e. The zero-order valence-corrected chi connectivity index (χ0v) is 21.9. The Morgan fingerprint density at radius 1 is 1.21 bits per heavy atom. The molecule has 0 radical (unpaired) electrons. The van der Waals surface area contributed by atoms with E-state index in [1.54, 1.807) is 13.1 Å². The average Bonchev–Trinajstić information content (AvgIpc) is 3.51. The Kier molecular flexibility index (Phi) is 6.81. The SMILES string of the molecule is Cn1nc(C2CC3CC(O)(C(F)(F)S(=O)c4ccccc4)CC3C2)c(C(=O)Nc2ccc(F)c(Cl)c2)c1N. The third kappa shape index (κ3) is 4.50. The molecule has 1 heterocycles. The van der Waals surface area contributed by atoms with Crippen molar-refractivity contribution >= 4 is 39.8 Å². The summed E-state index contributed by atoms with van der Waals surface area (Å²) in [4.78, 5) is 13.1. The predicted octanol–water partition coefficient (Wildman–Crippen LogP) is 5.08. The summed E-state index contributed by atoms with van der Waals surface area (Å²) in [6, 6.07) is 11.2. The van der Waals surface area contributed by atoms with Gasteiger partial charge in [-0.15, -0.1) is 0 Å². The lowest BCUT2D eigenvalue weighted by Crippen LogP contribution is -2.49. The first kappa shape index (κ1) is 26.7. The number of benzene rings is 2. The Hall–Kier alpha value is -2.89. The summed E-state index contributed by atoms with van der Waals surface area (Å²) >= 11 is 5.82. The number of hydrogen-bond acceptors (Lipinski definition) is 5. The van der Waals surface area contributed by atoms with Gasteiger partial charge in [-0.3, -0.25) is 9.48 Å². The van der Waals surface area contributed by atoms with Crippen LogP contribution in [0.5, 0.6) is 0 Å². The predicted molar refractivity (Wildman–Crippen MR) is 138 cm³/mol. The molecule has 1 amide bonds. The number of nitrogens with one attached hydrogen (secondary N) is 1. The zero-order chi connectivity index (χ0) is 27.4. The third-order valence-electron chi connectivity index (χ3n) is 7.68. The molecule has 1 aromatic heterocycles. The topological polar surface area (TPSA) is 110 Å². The second kappa shape index (κ2) is 9.69. The minimum absolute atomic E-state index is 0.0390. The van der Waals surface area contributed by atoms with Crippen LogP contribution in [0.25, 0.3) is 0 Å². The van der Waals surface area contributed by atoms with E-state index in [1.807, 2.05) is 0 Å². The number of nitrogens with zero attached hydrogens (tertiary/aromatic N) is 2. The molecule has 2 aliphatic rings. The van der Waals surface area contributed by atoms with Gasteiger partial charge in [-0.1, -0.05) is 29.8 Å². The molecule has 2 aliphatic carbocycles. The molecule has 0 bridgehead atoms. The summed E-state index contributed by atoms with van der Waals surface area (Å²) in [6.45, 7) is 0. The molecule has 12 heteroatoms. The highest BCUT2D eigenvalue weighted by Crippen LogP contribution is 2.58. The molecule has 7 nitrogen and oxygen atoms in total. The smallest absolute Gasteiger partial charge is 0.353 e. The van der Waals surface area contributed by atoms with Crippen LogP contribution in [0.15, 0.2) is 53.4 Å². The van der Waals surface area contributed by atoms with Gasteiger partial charge in [-0.25, -0.2) is 8.60 Å². The molecular weight excluding hydrogens is 541 g/mol. The van der Waals surface area contributed by atoms with Crippen LogP contribution in [0.4, 0.5) is 24.7 Å². The molecule has 38 heavy (non-hydrogen) atoms. The van der Waals surface area contributed by atoms with E-state index in [0.29, 0.717) is 18.5 Å². The van der Waals surface area contributed by atoms with Crippen LogP contribution in [-0.2, 0) is 17.8 Å². The molecule has 3 aromatic rings. The Balaban J connectivity index is 1.34. The van der Waals surface area contributed by atoms with Crippen LogP contribution in [-0.4, -0.2) is 35.9 Å². The number of rotatable bonds is 6. The lowest BCUT2D eigenvalue weighted by atomic mass is 9.91. The molecule has 0 spiro atoms. The van der Waals surface area contributed by atoms with Crippen LogP contribution in [0, 0.1) is 17.7 Å². The highest BCUT2D eigenvalue weighted by Gasteiger charge is 2.64. The second-order valence-corrected chi connectivity index (χ2v) is 12.0. The summed E-state index contributed by atoms with van der Waals surface area (Å²) in [5.74, 6) is -1.82. The van der Waals surface area contributed by atoms with Crippen LogP contribution < -0.4 is 11.1 Å². The number of anilines is 2. The van der Waals surface area contributed by atoms with E-state index in [4.69, 9.17) is 17.3 Å². The van der Waals surface area contributed by atoms with E-state index in [2.05, 4.69) is 10.4 Å². The van der Waals surface area contributed by atoms with E-state index in [-0.39, 0.29) is 57.6 Å². The monoisotopic (exact) mass is 566 g/mol. The Morgan fingerprint density at radius 3 is 2.45 bits per heavy atom. The minimum atomic E-state index is -3.83. The highest BCUT2D eigenvalue weighted by atomic mass is 35.5. The third-order valence-corrected chi connectivity index (χ3v) is 9.52. The van der Waals surface area contributed by atoms with Gasteiger partial charge in [0.1, 0.15) is 33.6 Å². The first-order valence-corrected chi connectivity index (χ1v) is 13.6. The van der Waals surface area contributed by atoms with Crippen molar-refractivity contribution in [3.8, 4) is 0 Å². The Bertz CT molecular complexity index is 1400.